The number of hydrogen-bond acceptors (Lipinski definition) is 7. The van der Waals surface area contributed by atoms with Crippen LogP contribution in [-0.4, -0.2) is 74.0 Å². The number of halogens is 1. The summed E-state index contributed by atoms with van der Waals surface area (Å²) in [5, 5.41) is 13.7. The van der Waals surface area contributed by atoms with Gasteiger partial charge in [0.25, 0.3) is 5.91 Å². The molecule has 0 fully saturated rings. The zero-order chi connectivity index (χ0) is 35.9. The Kier molecular flexibility index (Phi) is 14.1. The summed E-state index contributed by atoms with van der Waals surface area (Å²) in [6.45, 7) is 4.25. The zero-order valence-electron chi connectivity index (χ0n) is 28.2. The number of fused-ring (bicyclic) bond motifs is 1. The van der Waals surface area contributed by atoms with E-state index in [-0.39, 0.29) is 56.4 Å². The maximum atomic E-state index is 13.6. The highest BCUT2D eigenvalue weighted by molar-refractivity contribution is 6.01. The van der Waals surface area contributed by atoms with Gasteiger partial charge < -0.3 is 36.1 Å². The highest BCUT2D eigenvalue weighted by Gasteiger charge is 2.31. The van der Waals surface area contributed by atoms with E-state index in [9.17, 15) is 28.4 Å². The van der Waals surface area contributed by atoms with Crippen molar-refractivity contribution in [3.05, 3.63) is 95.8 Å². The molecule has 5 amide bonds. The molecule has 0 unspecified atom stereocenters. The lowest BCUT2D eigenvalue weighted by Crippen LogP contribution is -2.56. The monoisotopic (exact) mass is 689 g/mol. The molecule has 50 heavy (non-hydrogen) atoms. The van der Waals surface area contributed by atoms with Gasteiger partial charge in [0, 0.05) is 13.0 Å². The molecular weight excluding hydrogens is 645 g/mol. The maximum Gasteiger partial charge on any atom is 0.255 e. The predicted molar refractivity (Wildman–Crippen MR) is 184 cm³/mol. The van der Waals surface area contributed by atoms with Gasteiger partial charge in [-0.15, -0.1) is 0 Å². The maximum absolute atomic E-state index is 13.6. The number of amides is 5. The molecule has 1 aliphatic rings. The molecule has 3 aromatic carbocycles. The molecule has 12 nitrogen and oxygen atoms in total. The Morgan fingerprint density at radius 2 is 1.62 bits per heavy atom. The number of benzene rings is 3. The van der Waals surface area contributed by atoms with Gasteiger partial charge in [-0.25, -0.2) is 4.39 Å². The van der Waals surface area contributed by atoms with Crippen molar-refractivity contribution in [2.24, 2.45) is 5.92 Å². The Labute approximate surface area is 290 Å². The Morgan fingerprint density at radius 3 is 2.36 bits per heavy atom. The van der Waals surface area contributed by atoms with Gasteiger partial charge in [-0.05, 0) is 60.7 Å². The number of rotatable bonds is 9. The van der Waals surface area contributed by atoms with Crippen molar-refractivity contribution in [3.8, 4) is 11.5 Å². The summed E-state index contributed by atoms with van der Waals surface area (Å²) in [7, 11) is 0. The largest absolute Gasteiger partial charge is 0.493 e. The molecule has 5 N–H and O–H groups in total. The summed E-state index contributed by atoms with van der Waals surface area (Å²) in [5.74, 6) is -2.67. The highest BCUT2D eigenvalue weighted by Crippen LogP contribution is 2.19. The molecule has 266 valence electrons. The fourth-order valence-corrected chi connectivity index (χ4v) is 5.28. The van der Waals surface area contributed by atoms with Crippen LogP contribution in [0.4, 0.5) is 4.39 Å². The molecule has 0 aliphatic carbocycles. The summed E-state index contributed by atoms with van der Waals surface area (Å²) in [6.07, 6.45) is 0.398. The van der Waals surface area contributed by atoms with Crippen LogP contribution in [0, 0.1) is 11.7 Å². The molecule has 13 heteroatoms. The van der Waals surface area contributed by atoms with Crippen molar-refractivity contribution in [2.75, 3.05) is 26.3 Å². The van der Waals surface area contributed by atoms with Crippen LogP contribution in [0.15, 0.2) is 78.9 Å². The topological polar surface area (TPSA) is 164 Å². The Hall–Kier alpha value is -5.46. The van der Waals surface area contributed by atoms with Crippen molar-refractivity contribution in [1.82, 2.24) is 26.6 Å². The summed E-state index contributed by atoms with van der Waals surface area (Å²) < 4.78 is 24.6. The fraction of sp³-hybridized carbons (Fsp3) is 0.378. The van der Waals surface area contributed by atoms with Crippen LogP contribution < -0.4 is 36.1 Å². The Bertz CT molecular complexity index is 1600. The number of ether oxygens (including phenoxy) is 2. The quantitative estimate of drug-likeness (QED) is 0.216. The molecule has 1 aliphatic heterocycles. The first kappa shape index (κ1) is 37.4. The van der Waals surface area contributed by atoms with Gasteiger partial charge >= 0.3 is 0 Å². The molecule has 0 bridgehead atoms. The molecule has 0 saturated carbocycles. The standard InChI is InChI=1S/C37H44FN5O7/c1-24(2)21-29-37(48)43-30(22-25-9-4-3-5-10-25)35(46)39-17-8-19-50-32-12-7-6-11-28(32)34(45)42-31(23-33(44)41-29)36(47)40-18-20-49-27-15-13-26(38)14-16-27/h3-7,9-16,24,29-31H,8,17-23H2,1-2H3,(H,39,46)(H,40,47)(H,41,44)(H,42,45)(H,43,48)/t29-,30+,31+/m1/s1. The van der Waals surface area contributed by atoms with E-state index in [1.807, 2.05) is 44.2 Å². The highest BCUT2D eigenvalue weighted by atomic mass is 19.1. The van der Waals surface area contributed by atoms with Gasteiger partial charge in [-0.2, -0.15) is 0 Å². The third-order valence-electron chi connectivity index (χ3n) is 7.78. The number of nitrogens with one attached hydrogen (secondary N) is 5. The van der Waals surface area contributed by atoms with Crippen LogP contribution in [0.1, 0.15) is 49.0 Å². The number of para-hydroxylation sites is 1. The summed E-state index contributed by atoms with van der Waals surface area (Å²) in [6, 6.07) is 17.9. The molecule has 0 aromatic heterocycles. The summed E-state index contributed by atoms with van der Waals surface area (Å²) in [5.41, 5.74) is 0.989. The lowest BCUT2D eigenvalue weighted by Gasteiger charge is -2.25. The average Bonchev–Trinajstić information content (AvgIpc) is 3.09. The van der Waals surface area contributed by atoms with E-state index in [0.717, 1.165) is 5.56 Å². The first-order chi connectivity index (χ1) is 24.1. The third-order valence-corrected chi connectivity index (χ3v) is 7.78. The van der Waals surface area contributed by atoms with Gasteiger partial charge in [-0.1, -0.05) is 56.3 Å². The lowest BCUT2D eigenvalue weighted by atomic mass is 10.0. The lowest BCUT2D eigenvalue weighted by molar-refractivity contribution is -0.133. The van der Waals surface area contributed by atoms with Crippen molar-refractivity contribution < 1.29 is 37.8 Å². The second kappa shape index (κ2) is 18.9. The van der Waals surface area contributed by atoms with Gasteiger partial charge in [-0.3, -0.25) is 24.0 Å². The molecule has 3 atom stereocenters. The normalized spacial score (nSPS) is 19.3. The van der Waals surface area contributed by atoms with Crippen LogP contribution >= 0.6 is 0 Å². The number of carbonyl (C=O) groups excluding carboxylic acids is 5. The molecule has 0 saturated heterocycles. The zero-order valence-corrected chi connectivity index (χ0v) is 28.2. The smallest absolute Gasteiger partial charge is 0.255 e. The Balaban J connectivity index is 1.55. The summed E-state index contributed by atoms with van der Waals surface area (Å²) >= 11 is 0. The van der Waals surface area contributed by atoms with Crippen molar-refractivity contribution >= 4 is 29.5 Å². The van der Waals surface area contributed by atoms with Gasteiger partial charge in [0.2, 0.25) is 23.6 Å². The fourth-order valence-electron chi connectivity index (χ4n) is 5.28. The van der Waals surface area contributed by atoms with E-state index in [0.29, 0.717) is 12.2 Å². The third kappa shape index (κ3) is 11.9. The summed E-state index contributed by atoms with van der Waals surface area (Å²) in [4.78, 5) is 67.3. The van der Waals surface area contributed by atoms with Crippen molar-refractivity contribution in [1.29, 1.82) is 0 Å². The minimum absolute atomic E-state index is 0.0123. The minimum atomic E-state index is -1.33. The van der Waals surface area contributed by atoms with Crippen LogP contribution in [0.25, 0.3) is 0 Å². The van der Waals surface area contributed by atoms with Crippen LogP contribution in [0.3, 0.4) is 0 Å². The van der Waals surface area contributed by atoms with E-state index >= 15 is 0 Å². The molecule has 0 spiro atoms. The van der Waals surface area contributed by atoms with Crippen molar-refractivity contribution in [2.45, 2.75) is 57.7 Å². The van der Waals surface area contributed by atoms with E-state index < -0.39 is 59.9 Å². The van der Waals surface area contributed by atoms with Gasteiger partial charge in [0.15, 0.2) is 0 Å². The SMILES string of the molecule is CC(C)C[C@H]1NC(=O)C[C@@H](C(=O)NCCOc2ccc(F)cc2)NC(=O)c2ccccc2OCCCNC(=O)[C@H](Cc2ccccc2)NC1=O. The molecule has 4 rings (SSSR count). The molecule has 3 aromatic rings. The first-order valence-electron chi connectivity index (χ1n) is 16.7. The average molecular weight is 690 g/mol. The van der Waals surface area contributed by atoms with Crippen LogP contribution in [0.5, 0.6) is 11.5 Å². The molecule has 0 radical (unpaired) electrons. The Morgan fingerprint density at radius 1 is 0.900 bits per heavy atom. The van der Waals surface area contributed by atoms with E-state index in [1.165, 1.54) is 30.3 Å². The van der Waals surface area contributed by atoms with E-state index in [4.69, 9.17) is 9.47 Å². The first-order valence-corrected chi connectivity index (χ1v) is 16.7. The number of hydrogen-bond donors (Lipinski definition) is 5. The van der Waals surface area contributed by atoms with Crippen LogP contribution in [-0.2, 0) is 25.6 Å². The van der Waals surface area contributed by atoms with E-state index in [1.54, 1.807) is 18.2 Å². The minimum Gasteiger partial charge on any atom is -0.493 e. The van der Waals surface area contributed by atoms with Gasteiger partial charge in [0.05, 0.1) is 25.1 Å². The van der Waals surface area contributed by atoms with Gasteiger partial charge in [0.1, 0.15) is 42.0 Å². The molecular formula is C37H44FN5O7. The molecule has 1 heterocycles. The second-order valence-corrected chi connectivity index (χ2v) is 12.3. The van der Waals surface area contributed by atoms with E-state index in [2.05, 4.69) is 26.6 Å². The van der Waals surface area contributed by atoms with Crippen molar-refractivity contribution in [3.63, 3.8) is 0 Å². The number of carbonyl (C=O) groups is 5. The predicted octanol–water partition coefficient (Wildman–Crippen LogP) is 2.67. The van der Waals surface area contributed by atoms with Crippen LogP contribution in [0.2, 0.25) is 0 Å². The second-order valence-electron chi connectivity index (χ2n) is 12.3.